The Hall–Kier alpha value is -4.71. The molecule has 4 aromatic rings. The summed E-state index contributed by atoms with van der Waals surface area (Å²) in [5, 5.41) is 7.52. The summed E-state index contributed by atoms with van der Waals surface area (Å²) in [7, 11) is 2.71. The van der Waals surface area contributed by atoms with Gasteiger partial charge in [0.2, 0.25) is 5.91 Å². The van der Waals surface area contributed by atoms with Crippen LogP contribution in [-0.4, -0.2) is 49.3 Å². The molecular formula is C32H34FN5O5S. The number of ether oxygens (including phenoxy) is 3. The Bertz CT molecular complexity index is 1700. The third-order valence-corrected chi connectivity index (χ3v) is 8.01. The molecule has 10 nitrogen and oxygen atoms in total. The number of benzene rings is 3. The van der Waals surface area contributed by atoms with Gasteiger partial charge in [-0.25, -0.2) is 14.2 Å². The Labute approximate surface area is 260 Å². The summed E-state index contributed by atoms with van der Waals surface area (Å²) >= 11 is 4.66. The number of likely N-dealkylation sites (tertiary alicyclic amines) is 1. The fourth-order valence-corrected chi connectivity index (χ4v) is 5.81. The molecule has 44 heavy (non-hydrogen) atoms. The largest absolute Gasteiger partial charge is 0.493 e. The van der Waals surface area contributed by atoms with Crippen LogP contribution in [0.5, 0.6) is 11.5 Å². The van der Waals surface area contributed by atoms with E-state index in [2.05, 4.69) is 28.2 Å². The molecule has 0 bridgehead atoms. The lowest BCUT2D eigenvalue weighted by atomic mass is 10.00. The average Bonchev–Trinajstić information content (AvgIpc) is 3.51. The van der Waals surface area contributed by atoms with Crippen LogP contribution >= 0.6 is 12.6 Å². The lowest BCUT2D eigenvalue weighted by Crippen LogP contribution is -2.38. The number of nitrogen functional groups attached to an aromatic ring is 1. The van der Waals surface area contributed by atoms with Gasteiger partial charge in [0.25, 0.3) is 0 Å². The molecule has 0 radical (unpaired) electrons. The van der Waals surface area contributed by atoms with Gasteiger partial charge < -0.3 is 30.2 Å². The van der Waals surface area contributed by atoms with Gasteiger partial charge in [-0.05, 0) is 79.2 Å². The molecule has 0 aliphatic carbocycles. The molecule has 0 saturated carbocycles. The first kappa shape index (κ1) is 30.7. The van der Waals surface area contributed by atoms with E-state index in [4.69, 9.17) is 19.9 Å². The standard InChI is InChI=1S/C32H34FN5O5S/c1-4-43-27-16-22(24(33)17-26(27)41-2)29(36-19-7-9-21-18(14-19)11-12-35-30(21)34)31(39)38-13-5-6-25(38)23-15-20(8-10-28(23)44)37-32(40)42-3/h7-12,14-17,25,29,36,44H,4-6,13H2,1-3H3,(H2,34,35)(H,37,40)/t25-,29+/m1/s1. The van der Waals surface area contributed by atoms with Crippen molar-refractivity contribution < 1.29 is 28.2 Å². The molecule has 3 aromatic carbocycles. The van der Waals surface area contributed by atoms with Gasteiger partial charge in [-0.3, -0.25) is 10.1 Å². The number of thiol groups is 1. The van der Waals surface area contributed by atoms with Gasteiger partial charge in [0.15, 0.2) is 11.5 Å². The van der Waals surface area contributed by atoms with Gasteiger partial charge in [-0.15, -0.1) is 12.6 Å². The van der Waals surface area contributed by atoms with E-state index in [0.29, 0.717) is 47.4 Å². The fraction of sp³-hybridized carbons (Fsp3) is 0.281. The summed E-state index contributed by atoms with van der Waals surface area (Å²) in [4.78, 5) is 32.9. The number of carbonyl (C=O) groups is 2. The number of rotatable bonds is 9. The number of nitrogens with two attached hydrogens (primary N) is 1. The summed E-state index contributed by atoms with van der Waals surface area (Å²) in [6.45, 7) is 2.58. The summed E-state index contributed by atoms with van der Waals surface area (Å²) in [6.07, 6.45) is 2.38. The fourth-order valence-electron chi connectivity index (χ4n) is 5.52. The van der Waals surface area contributed by atoms with Gasteiger partial charge in [-0.2, -0.15) is 0 Å². The number of hydrogen-bond donors (Lipinski definition) is 4. The molecule has 230 valence electrons. The van der Waals surface area contributed by atoms with Crippen molar-refractivity contribution in [3.8, 4) is 11.5 Å². The third-order valence-electron chi connectivity index (χ3n) is 7.60. The zero-order valence-corrected chi connectivity index (χ0v) is 25.5. The first-order chi connectivity index (χ1) is 21.2. The molecule has 1 aliphatic heterocycles. The number of aromatic nitrogens is 1. The number of methoxy groups -OCH3 is 2. The monoisotopic (exact) mass is 619 g/mol. The minimum atomic E-state index is -1.13. The van der Waals surface area contributed by atoms with E-state index in [9.17, 15) is 9.59 Å². The normalized spacial score (nSPS) is 15.1. The Balaban J connectivity index is 1.56. The number of nitrogens with zero attached hydrogens (tertiary/aromatic N) is 2. The zero-order valence-electron chi connectivity index (χ0n) is 24.6. The second kappa shape index (κ2) is 13.3. The number of fused-ring (bicyclic) bond motifs is 1. The Morgan fingerprint density at radius 2 is 1.91 bits per heavy atom. The minimum Gasteiger partial charge on any atom is -0.493 e. The second-order valence-electron chi connectivity index (χ2n) is 10.2. The van der Waals surface area contributed by atoms with Crippen LogP contribution in [-0.2, 0) is 9.53 Å². The lowest BCUT2D eigenvalue weighted by molar-refractivity contribution is -0.133. The van der Waals surface area contributed by atoms with Crippen LogP contribution in [0, 0.1) is 5.82 Å². The van der Waals surface area contributed by atoms with E-state index < -0.39 is 18.0 Å². The number of anilines is 3. The molecule has 12 heteroatoms. The topological polar surface area (TPSA) is 128 Å². The maximum absolute atomic E-state index is 15.8. The Morgan fingerprint density at radius 3 is 2.66 bits per heavy atom. The molecule has 1 saturated heterocycles. The van der Waals surface area contributed by atoms with E-state index in [-0.39, 0.29) is 23.3 Å². The number of carbonyl (C=O) groups excluding carboxylic acids is 2. The lowest BCUT2D eigenvalue weighted by Gasteiger charge is -2.31. The van der Waals surface area contributed by atoms with Gasteiger partial charge in [0.1, 0.15) is 17.7 Å². The zero-order chi connectivity index (χ0) is 31.4. The SMILES string of the molecule is CCOc1cc([C@H](Nc2ccc3c(N)nccc3c2)C(=O)N2CCC[C@@H]2c2cc(NC(=O)OC)ccc2S)c(F)cc1OC. The molecule has 0 unspecified atom stereocenters. The second-order valence-corrected chi connectivity index (χ2v) is 10.7. The maximum atomic E-state index is 15.8. The molecule has 2 amide bonds. The third kappa shape index (κ3) is 6.30. The van der Waals surface area contributed by atoms with Gasteiger partial charge in [0, 0.05) is 46.0 Å². The summed E-state index contributed by atoms with van der Waals surface area (Å²) in [5.41, 5.74) is 8.00. The van der Waals surface area contributed by atoms with E-state index in [1.54, 1.807) is 35.4 Å². The quantitative estimate of drug-likeness (QED) is 0.160. The molecule has 1 fully saturated rings. The van der Waals surface area contributed by atoms with Crippen molar-refractivity contribution in [1.82, 2.24) is 9.88 Å². The van der Waals surface area contributed by atoms with Crippen LogP contribution in [0.3, 0.4) is 0 Å². The number of pyridine rings is 1. The Morgan fingerprint density at radius 1 is 1.11 bits per heavy atom. The van der Waals surface area contributed by atoms with Gasteiger partial charge in [0.05, 0.1) is 26.9 Å². The van der Waals surface area contributed by atoms with Crippen LogP contribution in [0.2, 0.25) is 0 Å². The van der Waals surface area contributed by atoms with Crippen LogP contribution in [0.25, 0.3) is 10.8 Å². The van der Waals surface area contributed by atoms with E-state index >= 15 is 4.39 Å². The van der Waals surface area contributed by atoms with Crippen molar-refractivity contribution in [2.45, 2.75) is 36.7 Å². The van der Waals surface area contributed by atoms with Crippen LogP contribution < -0.4 is 25.8 Å². The van der Waals surface area contributed by atoms with Crippen molar-refractivity contribution in [3.63, 3.8) is 0 Å². The van der Waals surface area contributed by atoms with Crippen molar-refractivity contribution >= 4 is 52.6 Å². The molecule has 5 rings (SSSR count). The van der Waals surface area contributed by atoms with Crippen LogP contribution in [0.15, 0.2) is 65.7 Å². The highest BCUT2D eigenvalue weighted by Gasteiger charge is 2.37. The number of halogens is 1. The summed E-state index contributed by atoms with van der Waals surface area (Å²) in [6, 6.07) is 13.7. The Kier molecular flexibility index (Phi) is 9.29. The highest BCUT2D eigenvalue weighted by Crippen LogP contribution is 2.41. The molecular weight excluding hydrogens is 585 g/mol. The molecule has 2 atom stereocenters. The molecule has 2 heterocycles. The van der Waals surface area contributed by atoms with Crippen LogP contribution in [0.4, 0.5) is 26.4 Å². The van der Waals surface area contributed by atoms with E-state index in [0.717, 1.165) is 22.8 Å². The highest BCUT2D eigenvalue weighted by atomic mass is 32.1. The predicted octanol–water partition coefficient (Wildman–Crippen LogP) is 6.35. The van der Waals surface area contributed by atoms with Crippen molar-refractivity contribution in [2.75, 3.05) is 43.7 Å². The van der Waals surface area contributed by atoms with Crippen molar-refractivity contribution in [3.05, 3.63) is 77.7 Å². The molecule has 1 aliphatic rings. The smallest absolute Gasteiger partial charge is 0.411 e. The van der Waals surface area contributed by atoms with Gasteiger partial charge >= 0.3 is 6.09 Å². The predicted molar refractivity (Wildman–Crippen MR) is 170 cm³/mol. The van der Waals surface area contributed by atoms with Crippen LogP contribution in [0.1, 0.15) is 43.0 Å². The molecule has 1 aromatic heterocycles. The number of amides is 2. The number of hydrogen-bond acceptors (Lipinski definition) is 9. The van der Waals surface area contributed by atoms with E-state index in [1.807, 2.05) is 25.1 Å². The first-order valence-electron chi connectivity index (χ1n) is 14.1. The maximum Gasteiger partial charge on any atom is 0.411 e. The average molecular weight is 620 g/mol. The summed E-state index contributed by atoms with van der Waals surface area (Å²) in [5.74, 6) is -0.0365. The number of nitrogens with one attached hydrogen (secondary N) is 2. The molecule has 4 N–H and O–H groups in total. The van der Waals surface area contributed by atoms with Crippen molar-refractivity contribution in [2.24, 2.45) is 0 Å². The minimum absolute atomic E-state index is 0.103. The van der Waals surface area contributed by atoms with Gasteiger partial charge in [-0.1, -0.05) is 0 Å². The summed E-state index contributed by atoms with van der Waals surface area (Å²) < 4.78 is 31.6. The first-order valence-corrected chi connectivity index (χ1v) is 14.6. The highest BCUT2D eigenvalue weighted by molar-refractivity contribution is 7.80. The molecule has 0 spiro atoms. The van der Waals surface area contributed by atoms with E-state index in [1.165, 1.54) is 26.4 Å². The van der Waals surface area contributed by atoms with Crippen molar-refractivity contribution in [1.29, 1.82) is 0 Å².